The molecular weight excluding hydrogens is 380 g/mol. The van der Waals surface area contributed by atoms with Gasteiger partial charge in [-0.25, -0.2) is 9.59 Å². The Labute approximate surface area is 168 Å². The molecular formula is C19H24N4O6. The van der Waals surface area contributed by atoms with Crippen LogP contribution in [0.15, 0.2) is 30.3 Å². The van der Waals surface area contributed by atoms with Crippen LogP contribution >= 0.6 is 0 Å². The second-order valence-electron chi connectivity index (χ2n) is 7.06. The van der Waals surface area contributed by atoms with Gasteiger partial charge in [-0.05, 0) is 33.3 Å². The first-order chi connectivity index (χ1) is 13.5. The maximum absolute atomic E-state index is 12.7. The summed E-state index contributed by atoms with van der Waals surface area (Å²) in [5, 5.41) is 7.07. The van der Waals surface area contributed by atoms with Crippen LogP contribution in [-0.4, -0.2) is 53.4 Å². The van der Waals surface area contributed by atoms with Gasteiger partial charge in [0.15, 0.2) is 6.10 Å². The molecule has 3 N–H and O–H groups in total. The summed E-state index contributed by atoms with van der Waals surface area (Å²) >= 11 is 0. The van der Waals surface area contributed by atoms with Crippen molar-refractivity contribution in [3.05, 3.63) is 35.9 Å². The van der Waals surface area contributed by atoms with E-state index in [1.165, 1.54) is 13.8 Å². The fourth-order valence-corrected chi connectivity index (χ4v) is 2.74. The van der Waals surface area contributed by atoms with Crippen LogP contribution in [-0.2, 0) is 24.7 Å². The molecule has 1 aromatic rings. The molecule has 0 radical (unpaired) electrons. The van der Waals surface area contributed by atoms with Gasteiger partial charge in [-0.2, -0.15) is 0 Å². The molecule has 0 aromatic heterocycles. The summed E-state index contributed by atoms with van der Waals surface area (Å²) in [6.07, 6.45) is -1.29. The Morgan fingerprint density at radius 3 is 2.34 bits per heavy atom. The van der Waals surface area contributed by atoms with E-state index in [0.29, 0.717) is 5.56 Å². The van der Waals surface area contributed by atoms with E-state index in [1.54, 1.807) is 44.2 Å². The molecule has 1 aromatic carbocycles. The first kappa shape index (κ1) is 21.9. The maximum atomic E-state index is 12.7. The first-order valence-electron chi connectivity index (χ1n) is 9.05. The van der Waals surface area contributed by atoms with Crippen molar-refractivity contribution in [1.29, 1.82) is 0 Å². The predicted octanol–water partition coefficient (Wildman–Crippen LogP) is 0.620. The SMILES string of the molecule is CC(C)NC(=O)NC(=O)[C@H](C)OC(=O)CN1C(=O)N[C@](C)(c2ccccc2)C1=O. The summed E-state index contributed by atoms with van der Waals surface area (Å²) < 4.78 is 4.95. The summed E-state index contributed by atoms with van der Waals surface area (Å²) in [6.45, 7) is 5.58. The lowest BCUT2D eigenvalue weighted by atomic mass is 9.92. The molecule has 10 nitrogen and oxygen atoms in total. The fraction of sp³-hybridized carbons (Fsp3) is 0.421. The van der Waals surface area contributed by atoms with Crippen molar-refractivity contribution in [3.8, 4) is 0 Å². The van der Waals surface area contributed by atoms with E-state index in [2.05, 4.69) is 10.6 Å². The Morgan fingerprint density at radius 1 is 1.14 bits per heavy atom. The van der Waals surface area contributed by atoms with Gasteiger partial charge in [-0.3, -0.25) is 24.6 Å². The van der Waals surface area contributed by atoms with Gasteiger partial charge in [0.1, 0.15) is 12.1 Å². The highest BCUT2D eigenvalue weighted by Crippen LogP contribution is 2.28. The molecule has 29 heavy (non-hydrogen) atoms. The van der Waals surface area contributed by atoms with Gasteiger partial charge in [0, 0.05) is 6.04 Å². The zero-order valence-electron chi connectivity index (χ0n) is 16.6. The van der Waals surface area contributed by atoms with Gasteiger partial charge in [0.25, 0.3) is 11.8 Å². The molecule has 0 aliphatic carbocycles. The van der Waals surface area contributed by atoms with Gasteiger partial charge >= 0.3 is 18.0 Å². The van der Waals surface area contributed by atoms with E-state index in [-0.39, 0.29) is 6.04 Å². The molecule has 0 spiro atoms. The first-order valence-corrected chi connectivity index (χ1v) is 9.05. The van der Waals surface area contributed by atoms with E-state index in [1.807, 2.05) is 5.32 Å². The summed E-state index contributed by atoms with van der Waals surface area (Å²) in [5.74, 6) is -2.40. The van der Waals surface area contributed by atoms with Crippen LogP contribution < -0.4 is 16.0 Å². The quantitative estimate of drug-likeness (QED) is 0.470. The third-order valence-electron chi connectivity index (χ3n) is 4.25. The molecule has 156 valence electrons. The number of esters is 1. The molecule has 1 saturated heterocycles. The van der Waals surface area contributed by atoms with E-state index < -0.39 is 48.0 Å². The van der Waals surface area contributed by atoms with Gasteiger partial charge in [0.2, 0.25) is 0 Å². The van der Waals surface area contributed by atoms with Crippen molar-refractivity contribution in [2.45, 2.75) is 45.4 Å². The normalized spacial score (nSPS) is 19.6. The second-order valence-corrected chi connectivity index (χ2v) is 7.06. The predicted molar refractivity (Wildman–Crippen MR) is 101 cm³/mol. The van der Waals surface area contributed by atoms with Crippen LogP contribution in [0.5, 0.6) is 0 Å². The minimum Gasteiger partial charge on any atom is -0.451 e. The molecule has 1 fully saturated rings. The maximum Gasteiger partial charge on any atom is 0.327 e. The summed E-state index contributed by atoms with van der Waals surface area (Å²) in [7, 11) is 0. The minimum atomic E-state index is -1.31. The monoisotopic (exact) mass is 404 g/mol. The van der Waals surface area contributed by atoms with Gasteiger partial charge in [-0.15, -0.1) is 0 Å². The molecule has 1 aliphatic rings. The van der Waals surface area contributed by atoms with Crippen molar-refractivity contribution in [2.75, 3.05) is 6.54 Å². The Morgan fingerprint density at radius 2 is 1.76 bits per heavy atom. The molecule has 2 atom stereocenters. The highest BCUT2D eigenvalue weighted by molar-refractivity contribution is 6.09. The minimum absolute atomic E-state index is 0.181. The molecule has 2 rings (SSSR count). The van der Waals surface area contributed by atoms with Gasteiger partial charge < -0.3 is 15.4 Å². The standard InChI is InChI=1S/C19H24N4O6/c1-11(2)20-17(27)21-15(25)12(3)29-14(24)10-23-16(26)19(4,22-18(23)28)13-8-6-5-7-9-13/h5-9,11-12H,10H2,1-4H3,(H,22,28)(H2,20,21,25,27)/t12-,19+/m0/s1. The average molecular weight is 404 g/mol. The lowest BCUT2D eigenvalue weighted by Crippen LogP contribution is -2.47. The Bertz CT molecular complexity index is 825. The lowest BCUT2D eigenvalue weighted by Gasteiger charge is -2.22. The number of carbonyl (C=O) groups excluding carboxylic acids is 5. The number of hydrogen-bond donors (Lipinski definition) is 3. The number of nitrogens with one attached hydrogen (secondary N) is 3. The third kappa shape index (κ3) is 5.09. The van der Waals surface area contributed by atoms with Crippen LogP contribution in [0.3, 0.4) is 0 Å². The molecule has 6 amide bonds. The molecule has 0 unspecified atom stereocenters. The number of rotatable bonds is 6. The largest absolute Gasteiger partial charge is 0.451 e. The molecule has 0 saturated carbocycles. The van der Waals surface area contributed by atoms with E-state index in [9.17, 15) is 24.0 Å². The Hall–Kier alpha value is -3.43. The lowest BCUT2D eigenvalue weighted by molar-refractivity contribution is -0.156. The number of urea groups is 2. The van der Waals surface area contributed by atoms with Gasteiger partial charge in [0.05, 0.1) is 0 Å². The van der Waals surface area contributed by atoms with Crippen LogP contribution in [0.2, 0.25) is 0 Å². The highest BCUT2D eigenvalue weighted by Gasteiger charge is 2.49. The second kappa shape index (κ2) is 8.72. The van der Waals surface area contributed by atoms with Crippen LogP contribution in [0, 0.1) is 0 Å². The van der Waals surface area contributed by atoms with Crippen LogP contribution in [0.4, 0.5) is 9.59 Å². The Balaban J connectivity index is 1.96. The number of ether oxygens (including phenoxy) is 1. The van der Waals surface area contributed by atoms with Crippen molar-refractivity contribution in [3.63, 3.8) is 0 Å². The van der Waals surface area contributed by atoms with Crippen molar-refractivity contribution in [1.82, 2.24) is 20.9 Å². The summed E-state index contributed by atoms with van der Waals surface area (Å²) in [4.78, 5) is 61.3. The number of imide groups is 2. The zero-order valence-corrected chi connectivity index (χ0v) is 16.6. The molecule has 0 bridgehead atoms. The van der Waals surface area contributed by atoms with E-state index >= 15 is 0 Å². The smallest absolute Gasteiger partial charge is 0.327 e. The average Bonchev–Trinajstić information content (AvgIpc) is 2.85. The van der Waals surface area contributed by atoms with E-state index in [0.717, 1.165) is 4.90 Å². The number of hydrogen-bond acceptors (Lipinski definition) is 6. The number of nitrogens with zero attached hydrogens (tertiary/aromatic N) is 1. The topological polar surface area (TPSA) is 134 Å². The molecule has 1 aliphatic heterocycles. The summed E-state index contributed by atoms with van der Waals surface area (Å²) in [5.41, 5.74) is -0.741. The van der Waals surface area contributed by atoms with Crippen molar-refractivity contribution >= 4 is 29.8 Å². The van der Waals surface area contributed by atoms with Crippen LogP contribution in [0.1, 0.15) is 33.3 Å². The van der Waals surface area contributed by atoms with Crippen molar-refractivity contribution < 1.29 is 28.7 Å². The number of carbonyl (C=O) groups is 5. The third-order valence-corrected chi connectivity index (χ3v) is 4.25. The van der Waals surface area contributed by atoms with Gasteiger partial charge in [-0.1, -0.05) is 30.3 Å². The Kier molecular flexibility index (Phi) is 6.57. The molecule has 1 heterocycles. The molecule has 10 heteroatoms. The highest BCUT2D eigenvalue weighted by atomic mass is 16.5. The van der Waals surface area contributed by atoms with E-state index in [4.69, 9.17) is 4.74 Å². The number of benzene rings is 1. The fourth-order valence-electron chi connectivity index (χ4n) is 2.74. The zero-order chi connectivity index (χ0) is 21.8. The number of amides is 6. The summed E-state index contributed by atoms with van der Waals surface area (Å²) in [6, 6.07) is 6.96. The van der Waals surface area contributed by atoms with Crippen molar-refractivity contribution in [2.24, 2.45) is 0 Å². The van der Waals surface area contributed by atoms with Crippen LogP contribution in [0.25, 0.3) is 0 Å².